The third-order valence-electron chi connectivity index (χ3n) is 8.05. The van der Waals surface area contributed by atoms with Gasteiger partial charge in [0, 0.05) is 31.3 Å². The lowest BCUT2D eigenvalue weighted by atomic mass is 9.89. The molecule has 2 aromatic carbocycles. The standard InChI is InChI=1S/C37H52N4O/c1-6-8-10-11-12-13-14-20-34(42)38-26-28-21-23-29(24-22-28)27-41-33(19-9-7-2)40-35-32(25-37(3,4)5)39-31-18-16-15-17-30(31)36(35)41/h15-18,21-24H,6-14,19-20,25-27H2,1-5H3,(H,38,42). The van der Waals surface area contributed by atoms with E-state index in [0.29, 0.717) is 13.0 Å². The molecule has 1 N–H and O–H groups in total. The zero-order valence-corrected chi connectivity index (χ0v) is 26.8. The first-order valence-corrected chi connectivity index (χ1v) is 16.4. The molecular formula is C37H52N4O. The van der Waals surface area contributed by atoms with Crippen molar-refractivity contribution in [3.63, 3.8) is 0 Å². The Kier molecular flexibility index (Phi) is 11.6. The predicted molar refractivity (Wildman–Crippen MR) is 177 cm³/mol. The molecule has 0 saturated carbocycles. The fourth-order valence-electron chi connectivity index (χ4n) is 5.74. The van der Waals surface area contributed by atoms with Crippen molar-refractivity contribution in [1.82, 2.24) is 19.9 Å². The SMILES string of the molecule is CCCCCCCCCC(=O)NCc1ccc(Cn2c(CCCC)nc3c(CC(C)(C)C)nc4ccccc4c32)cc1. The van der Waals surface area contributed by atoms with E-state index >= 15 is 0 Å². The van der Waals surface area contributed by atoms with E-state index < -0.39 is 0 Å². The quantitative estimate of drug-likeness (QED) is 0.137. The third kappa shape index (κ3) is 8.89. The molecule has 2 aromatic heterocycles. The van der Waals surface area contributed by atoms with Gasteiger partial charge < -0.3 is 9.88 Å². The van der Waals surface area contributed by atoms with Gasteiger partial charge in [0.2, 0.25) is 5.91 Å². The van der Waals surface area contributed by atoms with Gasteiger partial charge in [-0.15, -0.1) is 0 Å². The van der Waals surface area contributed by atoms with Crippen molar-refractivity contribution in [2.24, 2.45) is 5.41 Å². The molecule has 2 heterocycles. The van der Waals surface area contributed by atoms with Crippen LogP contribution in [0.1, 0.15) is 121 Å². The van der Waals surface area contributed by atoms with Crippen LogP contribution in [0.25, 0.3) is 21.9 Å². The summed E-state index contributed by atoms with van der Waals surface area (Å²) in [6.07, 6.45) is 13.3. The van der Waals surface area contributed by atoms with Gasteiger partial charge >= 0.3 is 0 Å². The summed E-state index contributed by atoms with van der Waals surface area (Å²) in [7, 11) is 0. The molecule has 0 aliphatic carbocycles. The zero-order chi connectivity index (χ0) is 30.0. The Bertz CT molecular complexity index is 1430. The van der Waals surface area contributed by atoms with E-state index in [1.54, 1.807) is 0 Å². The molecule has 0 fully saturated rings. The fourth-order valence-corrected chi connectivity index (χ4v) is 5.74. The molecule has 0 aliphatic rings. The maximum Gasteiger partial charge on any atom is 0.220 e. The van der Waals surface area contributed by atoms with Gasteiger partial charge in [0.1, 0.15) is 11.3 Å². The highest BCUT2D eigenvalue weighted by Gasteiger charge is 2.22. The van der Waals surface area contributed by atoms with E-state index in [-0.39, 0.29) is 11.3 Å². The van der Waals surface area contributed by atoms with E-state index in [1.165, 1.54) is 48.6 Å². The monoisotopic (exact) mass is 568 g/mol. The molecule has 4 rings (SSSR count). The first kappa shape index (κ1) is 31.7. The van der Waals surface area contributed by atoms with E-state index in [1.807, 2.05) is 0 Å². The predicted octanol–water partition coefficient (Wildman–Crippen LogP) is 9.32. The number of imidazole rings is 1. The summed E-state index contributed by atoms with van der Waals surface area (Å²) in [4.78, 5) is 22.7. The Balaban J connectivity index is 1.48. The van der Waals surface area contributed by atoms with E-state index in [9.17, 15) is 4.79 Å². The van der Waals surface area contributed by atoms with Crippen molar-refractivity contribution in [2.45, 2.75) is 125 Å². The minimum absolute atomic E-state index is 0.120. The third-order valence-corrected chi connectivity index (χ3v) is 8.05. The molecule has 0 bridgehead atoms. The van der Waals surface area contributed by atoms with Crippen LogP contribution in [0.15, 0.2) is 48.5 Å². The summed E-state index contributed by atoms with van der Waals surface area (Å²) in [6, 6.07) is 17.2. The van der Waals surface area contributed by atoms with Crippen LogP contribution < -0.4 is 5.32 Å². The highest BCUT2D eigenvalue weighted by Crippen LogP contribution is 2.32. The molecule has 5 heteroatoms. The normalized spacial score (nSPS) is 11.9. The van der Waals surface area contributed by atoms with Crippen LogP contribution in [0, 0.1) is 5.41 Å². The second kappa shape index (κ2) is 15.3. The Morgan fingerprint density at radius 3 is 2.19 bits per heavy atom. The second-order valence-electron chi connectivity index (χ2n) is 13.2. The summed E-state index contributed by atoms with van der Waals surface area (Å²) in [5.74, 6) is 1.30. The molecule has 0 radical (unpaired) electrons. The van der Waals surface area contributed by atoms with Gasteiger partial charge in [-0.1, -0.05) is 122 Å². The largest absolute Gasteiger partial charge is 0.352 e. The van der Waals surface area contributed by atoms with E-state index in [4.69, 9.17) is 9.97 Å². The van der Waals surface area contributed by atoms with Crippen LogP contribution in [0.3, 0.4) is 0 Å². The van der Waals surface area contributed by atoms with Gasteiger partial charge in [-0.3, -0.25) is 9.78 Å². The number of fused-ring (bicyclic) bond motifs is 3. The Hall–Kier alpha value is -3.21. The maximum atomic E-state index is 12.4. The number of pyridine rings is 1. The van der Waals surface area contributed by atoms with Gasteiger partial charge in [-0.25, -0.2) is 4.98 Å². The Morgan fingerprint density at radius 2 is 1.48 bits per heavy atom. The van der Waals surface area contributed by atoms with Crippen molar-refractivity contribution < 1.29 is 4.79 Å². The number of nitrogens with one attached hydrogen (secondary N) is 1. The number of carbonyl (C=O) groups is 1. The number of nitrogens with zero attached hydrogens (tertiary/aromatic N) is 3. The molecule has 4 aromatic rings. The molecule has 0 unspecified atom stereocenters. The number of para-hydroxylation sites is 1. The van der Waals surface area contributed by atoms with Gasteiger partial charge in [0.05, 0.1) is 16.7 Å². The number of carbonyl (C=O) groups excluding carboxylic acids is 1. The second-order valence-corrected chi connectivity index (χ2v) is 13.2. The molecule has 1 amide bonds. The Labute approximate surface area is 253 Å². The number of hydrogen-bond donors (Lipinski definition) is 1. The highest BCUT2D eigenvalue weighted by molar-refractivity contribution is 6.03. The summed E-state index contributed by atoms with van der Waals surface area (Å²) < 4.78 is 2.43. The lowest BCUT2D eigenvalue weighted by molar-refractivity contribution is -0.121. The van der Waals surface area contributed by atoms with Crippen molar-refractivity contribution in [2.75, 3.05) is 0 Å². The summed E-state index contributed by atoms with van der Waals surface area (Å²) in [6.45, 7) is 12.6. The van der Waals surface area contributed by atoms with Gasteiger partial charge in [0.25, 0.3) is 0 Å². The fraction of sp³-hybridized carbons (Fsp3) is 0.541. The molecule has 226 valence electrons. The smallest absolute Gasteiger partial charge is 0.220 e. The van der Waals surface area contributed by atoms with Crippen molar-refractivity contribution >= 4 is 27.8 Å². The van der Waals surface area contributed by atoms with Gasteiger partial charge in [-0.05, 0) is 41.9 Å². The highest BCUT2D eigenvalue weighted by atomic mass is 16.1. The number of aryl methyl sites for hydroxylation is 1. The van der Waals surface area contributed by atoms with Crippen LogP contribution in [0.2, 0.25) is 0 Å². The minimum Gasteiger partial charge on any atom is -0.352 e. The number of hydrogen-bond acceptors (Lipinski definition) is 3. The van der Waals surface area contributed by atoms with Crippen LogP contribution >= 0.6 is 0 Å². The number of amides is 1. The summed E-state index contributed by atoms with van der Waals surface area (Å²) in [5.41, 5.74) is 6.88. The molecule has 42 heavy (non-hydrogen) atoms. The maximum absolute atomic E-state index is 12.4. The van der Waals surface area contributed by atoms with Crippen LogP contribution in [0.5, 0.6) is 0 Å². The van der Waals surface area contributed by atoms with Crippen LogP contribution in [-0.2, 0) is 30.7 Å². The molecule has 0 aliphatic heterocycles. The number of unbranched alkanes of at least 4 members (excludes halogenated alkanes) is 7. The molecule has 0 atom stereocenters. The molecule has 5 nitrogen and oxygen atoms in total. The molecule has 0 spiro atoms. The minimum atomic E-state index is 0.120. The first-order chi connectivity index (χ1) is 20.3. The van der Waals surface area contributed by atoms with Gasteiger partial charge in [-0.2, -0.15) is 0 Å². The van der Waals surface area contributed by atoms with E-state index in [0.717, 1.165) is 73.2 Å². The Morgan fingerprint density at radius 1 is 0.810 bits per heavy atom. The van der Waals surface area contributed by atoms with Crippen LogP contribution in [-0.4, -0.2) is 20.4 Å². The molecule has 0 saturated heterocycles. The molecular weight excluding hydrogens is 516 g/mol. The average molecular weight is 569 g/mol. The summed E-state index contributed by atoms with van der Waals surface area (Å²) >= 11 is 0. The number of aromatic nitrogens is 3. The average Bonchev–Trinajstić information content (AvgIpc) is 3.33. The number of rotatable bonds is 16. The lowest BCUT2D eigenvalue weighted by Gasteiger charge is -2.18. The van der Waals surface area contributed by atoms with Crippen molar-refractivity contribution in [3.05, 3.63) is 71.2 Å². The van der Waals surface area contributed by atoms with Crippen LogP contribution in [0.4, 0.5) is 0 Å². The van der Waals surface area contributed by atoms with Crippen molar-refractivity contribution in [3.8, 4) is 0 Å². The number of benzene rings is 2. The summed E-state index contributed by atoms with van der Waals surface area (Å²) in [5, 5.41) is 4.28. The lowest BCUT2D eigenvalue weighted by Crippen LogP contribution is -2.22. The first-order valence-electron chi connectivity index (χ1n) is 16.4. The van der Waals surface area contributed by atoms with Crippen molar-refractivity contribution in [1.29, 1.82) is 0 Å². The topological polar surface area (TPSA) is 59.8 Å². The van der Waals surface area contributed by atoms with Gasteiger partial charge in [0.15, 0.2) is 0 Å². The van der Waals surface area contributed by atoms with E-state index in [2.05, 4.69) is 93.0 Å². The zero-order valence-electron chi connectivity index (χ0n) is 26.8.